The first kappa shape index (κ1) is 13.2. The molecule has 4 rings (SSSR count). The molecule has 23 heavy (non-hydrogen) atoms. The maximum atomic E-state index is 12.1. The van der Waals surface area contributed by atoms with Gasteiger partial charge in [-0.15, -0.1) is 0 Å². The molecule has 0 spiro atoms. The lowest BCUT2D eigenvalue weighted by atomic mass is 10.1. The summed E-state index contributed by atoms with van der Waals surface area (Å²) in [6, 6.07) is 4.40. The normalized spacial score (nSPS) is 12.2. The van der Waals surface area contributed by atoms with Gasteiger partial charge in [0.1, 0.15) is 0 Å². The third-order valence-electron chi connectivity index (χ3n) is 3.87. The van der Waals surface area contributed by atoms with Crippen molar-refractivity contribution in [2.45, 2.75) is 6.42 Å². The minimum atomic E-state index is -1.23. The zero-order chi connectivity index (χ0) is 16.3. The largest absolute Gasteiger partial charge is 0.476 e. The minimum absolute atomic E-state index is 0.0107. The summed E-state index contributed by atoms with van der Waals surface area (Å²) in [7, 11) is 0. The number of aromatic nitrogens is 3. The van der Waals surface area contributed by atoms with Crippen molar-refractivity contribution in [3.05, 3.63) is 61.8 Å². The lowest BCUT2D eigenvalue weighted by molar-refractivity contribution is -0.384. The Morgan fingerprint density at radius 3 is 2.91 bits per heavy atom. The SMILES string of the molecule is O=C(O)c1cn2c3c([nH]c(=O)c2n1)-c1ccc([N+](=O)[O-])cc1C3. The van der Waals surface area contributed by atoms with Gasteiger partial charge in [-0.1, -0.05) is 0 Å². The van der Waals surface area contributed by atoms with Crippen LogP contribution in [-0.2, 0) is 6.42 Å². The van der Waals surface area contributed by atoms with E-state index >= 15 is 0 Å². The van der Waals surface area contributed by atoms with Crippen LogP contribution in [0.25, 0.3) is 16.9 Å². The number of aromatic carboxylic acids is 1. The molecule has 0 fully saturated rings. The second kappa shape index (κ2) is 4.26. The molecule has 1 aliphatic rings. The standard InChI is InChI=1S/C14H8N4O5/c19-13-12-15-9(14(20)21)5-17(12)10-4-6-3-7(18(22)23)1-2-8(6)11(10)16-13/h1-3,5H,4H2,(H,16,19)(H,20,21). The van der Waals surface area contributed by atoms with Crippen molar-refractivity contribution in [1.82, 2.24) is 14.4 Å². The van der Waals surface area contributed by atoms with Gasteiger partial charge in [0, 0.05) is 30.3 Å². The fourth-order valence-electron chi connectivity index (χ4n) is 2.87. The fourth-order valence-corrected chi connectivity index (χ4v) is 2.87. The first-order valence-corrected chi connectivity index (χ1v) is 6.61. The molecule has 0 unspecified atom stereocenters. The molecule has 1 aromatic carbocycles. The number of non-ortho nitro benzene ring substituents is 1. The van der Waals surface area contributed by atoms with E-state index in [4.69, 9.17) is 5.11 Å². The first-order chi connectivity index (χ1) is 11.0. The van der Waals surface area contributed by atoms with Gasteiger partial charge in [0.15, 0.2) is 5.69 Å². The average Bonchev–Trinajstić information content (AvgIpc) is 3.08. The van der Waals surface area contributed by atoms with Gasteiger partial charge in [-0.05, 0) is 11.6 Å². The summed E-state index contributed by atoms with van der Waals surface area (Å²) in [4.78, 5) is 40.1. The Hall–Kier alpha value is -3.49. The van der Waals surface area contributed by atoms with Gasteiger partial charge in [-0.2, -0.15) is 0 Å². The monoisotopic (exact) mass is 312 g/mol. The van der Waals surface area contributed by atoms with Crippen molar-refractivity contribution in [2.75, 3.05) is 0 Å². The number of imidazole rings is 1. The molecule has 1 aliphatic carbocycles. The van der Waals surface area contributed by atoms with Crippen molar-refractivity contribution >= 4 is 17.3 Å². The van der Waals surface area contributed by atoms with Gasteiger partial charge in [-0.3, -0.25) is 19.3 Å². The van der Waals surface area contributed by atoms with E-state index in [1.54, 1.807) is 6.07 Å². The van der Waals surface area contributed by atoms with Crippen LogP contribution in [0.1, 0.15) is 21.7 Å². The Morgan fingerprint density at radius 1 is 1.43 bits per heavy atom. The smallest absolute Gasteiger partial charge is 0.356 e. The fraction of sp³-hybridized carbons (Fsp3) is 0.0714. The van der Waals surface area contributed by atoms with E-state index in [0.29, 0.717) is 28.9 Å². The maximum absolute atomic E-state index is 12.1. The summed E-state index contributed by atoms with van der Waals surface area (Å²) in [6.45, 7) is 0. The molecular weight excluding hydrogens is 304 g/mol. The summed E-state index contributed by atoms with van der Waals surface area (Å²) in [6.07, 6.45) is 1.63. The number of hydrogen-bond donors (Lipinski definition) is 2. The summed E-state index contributed by atoms with van der Waals surface area (Å²) in [5, 5.41) is 19.9. The quantitative estimate of drug-likeness (QED) is 0.422. The number of fused-ring (bicyclic) bond motifs is 5. The van der Waals surface area contributed by atoms with Gasteiger partial charge < -0.3 is 10.1 Å². The maximum Gasteiger partial charge on any atom is 0.356 e. The van der Waals surface area contributed by atoms with E-state index < -0.39 is 16.5 Å². The number of nitro benzene ring substituents is 1. The number of benzene rings is 1. The Kier molecular flexibility index (Phi) is 2.44. The molecule has 2 heterocycles. The third-order valence-corrected chi connectivity index (χ3v) is 3.87. The summed E-state index contributed by atoms with van der Waals surface area (Å²) in [5.41, 5.74) is 1.78. The van der Waals surface area contributed by atoms with Crippen molar-refractivity contribution in [1.29, 1.82) is 0 Å². The molecule has 0 amide bonds. The van der Waals surface area contributed by atoms with E-state index in [9.17, 15) is 19.7 Å². The summed E-state index contributed by atoms with van der Waals surface area (Å²) < 4.78 is 1.43. The van der Waals surface area contributed by atoms with Crippen LogP contribution < -0.4 is 5.56 Å². The van der Waals surface area contributed by atoms with Gasteiger partial charge in [-0.25, -0.2) is 9.78 Å². The highest BCUT2D eigenvalue weighted by Crippen LogP contribution is 2.36. The van der Waals surface area contributed by atoms with E-state index in [2.05, 4.69) is 9.97 Å². The van der Waals surface area contributed by atoms with Crippen LogP contribution in [0.5, 0.6) is 0 Å². The molecule has 0 aliphatic heterocycles. The number of nitrogens with zero attached hydrogens (tertiary/aromatic N) is 3. The van der Waals surface area contributed by atoms with Crippen LogP contribution in [0.4, 0.5) is 5.69 Å². The number of aromatic amines is 1. The summed E-state index contributed by atoms with van der Waals surface area (Å²) in [5.74, 6) is -1.23. The molecule has 3 aromatic rings. The average molecular weight is 312 g/mol. The molecule has 2 N–H and O–H groups in total. The van der Waals surface area contributed by atoms with Crippen LogP contribution >= 0.6 is 0 Å². The molecule has 114 valence electrons. The highest BCUT2D eigenvalue weighted by molar-refractivity contribution is 5.86. The van der Waals surface area contributed by atoms with Crippen LogP contribution in [-0.4, -0.2) is 30.4 Å². The second-order valence-electron chi connectivity index (χ2n) is 5.18. The van der Waals surface area contributed by atoms with E-state index in [1.165, 1.54) is 22.7 Å². The van der Waals surface area contributed by atoms with Gasteiger partial charge >= 0.3 is 5.97 Å². The van der Waals surface area contributed by atoms with E-state index in [1.807, 2.05) is 0 Å². The Balaban J connectivity index is 1.99. The number of carboxylic acid groups (broad SMARTS) is 1. The number of carboxylic acids is 1. The zero-order valence-electron chi connectivity index (χ0n) is 11.4. The molecule has 0 atom stereocenters. The third kappa shape index (κ3) is 1.76. The molecule has 0 saturated carbocycles. The van der Waals surface area contributed by atoms with Crippen molar-refractivity contribution in [3.8, 4) is 11.3 Å². The summed E-state index contributed by atoms with van der Waals surface area (Å²) >= 11 is 0. The predicted molar refractivity (Wildman–Crippen MR) is 77.7 cm³/mol. The molecule has 2 aromatic heterocycles. The number of nitro groups is 1. The van der Waals surface area contributed by atoms with Crippen molar-refractivity contribution in [2.24, 2.45) is 0 Å². The van der Waals surface area contributed by atoms with E-state index in [-0.39, 0.29) is 17.0 Å². The van der Waals surface area contributed by atoms with Crippen LogP contribution in [0.3, 0.4) is 0 Å². The first-order valence-electron chi connectivity index (χ1n) is 6.61. The van der Waals surface area contributed by atoms with Crippen LogP contribution in [0.2, 0.25) is 0 Å². The van der Waals surface area contributed by atoms with E-state index in [0.717, 1.165) is 0 Å². The highest BCUT2D eigenvalue weighted by Gasteiger charge is 2.26. The van der Waals surface area contributed by atoms with Crippen LogP contribution in [0, 0.1) is 10.1 Å². The second-order valence-corrected chi connectivity index (χ2v) is 5.18. The molecule has 9 heteroatoms. The lowest BCUT2D eigenvalue weighted by Crippen LogP contribution is -2.13. The van der Waals surface area contributed by atoms with Gasteiger partial charge in [0.05, 0.1) is 16.3 Å². The molecular formula is C14H8N4O5. The Bertz CT molecular complexity index is 1080. The molecule has 9 nitrogen and oxygen atoms in total. The number of nitrogens with one attached hydrogen (secondary N) is 1. The topological polar surface area (TPSA) is 131 Å². The minimum Gasteiger partial charge on any atom is -0.476 e. The molecule has 0 radical (unpaired) electrons. The zero-order valence-corrected chi connectivity index (χ0v) is 11.4. The predicted octanol–water partition coefficient (Wildman–Crippen LogP) is 1.20. The van der Waals surface area contributed by atoms with Crippen molar-refractivity contribution in [3.63, 3.8) is 0 Å². The molecule has 0 bridgehead atoms. The number of hydrogen-bond acceptors (Lipinski definition) is 5. The Labute approximate surface area is 127 Å². The molecule has 0 saturated heterocycles. The van der Waals surface area contributed by atoms with Gasteiger partial charge in [0.25, 0.3) is 11.2 Å². The van der Waals surface area contributed by atoms with Crippen LogP contribution in [0.15, 0.2) is 29.2 Å². The highest BCUT2D eigenvalue weighted by atomic mass is 16.6. The number of rotatable bonds is 2. The van der Waals surface area contributed by atoms with Gasteiger partial charge in [0.2, 0.25) is 5.65 Å². The number of carbonyl (C=O) groups is 1. The number of H-pyrrole nitrogens is 1. The lowest BCUT2D eigenvalue weighted by Gasteiger charge is -2.02. The van der Waals surface area contributed by atoms with Crippen molar-refractivity contribution < 1.29 is 14.8 Å². The Morgan fingerprint density at radius 2 is 2.22 bits per heavy atom.